The number of hydrogen-bond acceptors (Lipinski definition) is 3. The van der Waals surface area contributed by atoms with Crippen molar-refractivity contribution >= 4 is 0 Å². The summed E-state index contributed by atoms with van der Waals surface area (Å²) in [7, 11) is 0. The zero-order valence-corrected chi connectivity index (χ0v) is 6.62. The second kappa shape index (κ2) is 2.68. The Bertz CT molecular complexity index is 295. The maximum absolute atomic E-state index is 9.43. The van der Waals surface area contributed by atoms with Gasteiger partial charge < -0.3 is 15.5 Å². The number of phenolic OH excluding ortho intramolecular Hbond substituents is 2. The molecule has 1 heterocycles. The molecule has 2 rings (SSSR count). The van der Waals surface area contributed by atoms with Crippen molar-refractivity contribution in [3.63, 3.8) is 0 Å². The highest BCUT2D eigenvalue weighted by atomic mass is 16.3. The monoisotopic (exact) mass is 165 g/mol. The van der Waals surface area contributed by atoms with Gasteiger partial charge in [-0.3, -0.25) is 0 Å². The predicted octanol–water partition coefficient (Wildman–Crippen LogP) is 1.13. The minimum absolute atomic E-state index is 0.107. The van der Waals surface area contributed by atoms with Crippen LogP contribution in [0.5, 0.6) is 11.5 Å². The lowest BCUT2D eigenvalue weighted by molar-refractivity contribution is 0.362. The molecule has 1 fully saturated rings. The van der Waals surface area contributed by atoms with Crippen LogP contribution in [0.25, 0.3) is 0 Å². The van der Waals surface area contributed by atoms with E-state index in [1.54, 1.807) is 12.1 Å². The van der Waals surface area contributed by atoms with Crippen LogP contribution >= 0.6 is 0 Å². The number of phenols is 2. The van der Waals surface area contributed by atoms with Crippen molar-refractivity contribution in [2.45, 2.75) is 12.5 Å². The van der Waals surface area contributed by atoms with Crippen LogP contribution < -0.4 is 5.32 Å². The Morgan fingerprint density at radius 2 is 2.08 bits per heavy atom. The number of rotatable bonds is 1. The molecule has 64 valence electrons. The van der Waals surface area contributed by atoms with Crippen LogP contribution in [0.4, 0.5) is 0 Å². The van der Waals surface area contributed by atoms with E-state index in [4.69, 9.17) is 5.11 Å². The summed E-state index contributed by atoms with van der Waals surface area (Å²) < 4.78 is 0. The number of hydrogen-bond donors (Lipinski definition) is 3. The van der Waals surface area contributed by atoms with Crippen LogP contribution in [0, 0.1) is 0 Å². The highest BCUT2D eigenvalue weighted by Gasteiger charge is 2.21. The zero-order chi connectivity index (χ0) is 8.55. The summed E-state index contributed by atoms with van der Waals surface area (Å²) in [6.45, 7) is 1.00. The van der Waals surface area contributed by atoms with Crippen LogP contribution in [0.2, 0.25) is 0 Å². The first-order valence-electron chi connectivity index (χ1n) is 4.02. The first kappa shape index (κ1) is 7.43. The van der Waals surface area contributed by atoms with Gasteiger partial charge in [0.15, 0.2) is 0 Å². The molecular formula is C9H11NO2. The third-order valence-electron chi connectivity index (χ3n) is 2.21. The Morgan fingerprint density at radius 1 is 1.33 bits per heavy atom. The third-order valence-corrected chi connectivity index (χ3v) is 2.21. The molecule has 0 aromatic heterocycles. The van der Waals surface area contributed by atoms with Crippen molar-refractivity contribution < 1.29 is 10.2 Å². The smallest absolute Gasteiger partial charge is 0.124 e. The van der Waals surface area contributed by atoms with Crippen LogP contribution in [-0.2, 0) is 0 Å². The Morgan fingerprint density at radius 3 is 2.58 bits per heavy atom. The van der Waals surface area contributed by atoms with E-state index in [1.807, 2.05) is 0 Å². The number of aromatic hydroxyl groups is 2. The van der Waals surface area contributed by atoms with E-state index in [2.05, 4.69) is 5.32 Å². The van der Waals surface area contributed by atoms with Crippen LogP contribution in [-0.4, -0.2) is 16.8 Å². The molecule has 1 aliphatic heterocycles. The molecule has 12 heavy (non-hydrogen) atoms. The van der Waals surface area contributed by atoms with E-state index in [0.717, 1.165) is 18.5 Å². The molecular weight excluding hydrogens is 154 g/mol. The van der Waals surface area contributed by atoms with Gasteiger partial charge in [0, 0.05) is 17.7 Å². The normalized spacial score (nSPS) is 21.8. The Kier molecular flexibility index (Phi) is 1.66. The minimum atomic E-state index is 0.107. The maximum atomic E-state index is 9.43. The molecule has 0 aliphatic carbocycles. The van der Waals surface area contributed by atoms with Crippen LogP contribution in [0.3, 0.4) is 0 Å². The molecule has 1 atom stereocenters. The lowest BCUT2D eigenvalue weighted by Gasteiger charge is -2.28. The summed E-state index contributed by atoms with van der Waals surface area (Å²) in [5.41, 5.74) is 0.874. The highest BCUT2D eigenvalue weighted by Crippen LogP contribution is 2.32. The molecule has 3 heteroatoms. The maximum Gasteiger partial charge on any atom is 0.124 e. The van der Waals surface area contributed by atoms with Gasteiger partial charge in [0.05, 0.1) is 0 Å². The minimum Gasteiger partial charge on any atom is -0.508 e. The van der Waals surface area contributed by atoms with Gasteiger partial charge in [-0.25, -0.2) is 0 Å². The van der Waals surface area contributed by atoms with Gasteiger partial charge in [-0.15, -0.1) is 0 Å². The fourth-order valence-corrected chi connectivity index (χ4v) is 1.38. The van der Waals surface area contributed by atoms with Gasteiger partial charge in [-0.1, -0.05) is 6.07 Å². The largest absolute Gasteiger partial charge is 0.508 e. The van der Waals surface area contributed by atoms with Crippen molar-refractivity contribution in [3.8, 4) is 11.5 Å². The van der Waals surface area contributed by atoms with Crippen LogP contribution in [0.1, 0.15) is 18.0 Å². The van der Waals surface area contributed by atoms with Crippen molar-refractivity contribution in [1.29, 1.82) is 0 Å². The summed E-state index contributed by atoms with van der Waals surface area (Å²) >= 11 is 0. The number of nitrogens with one attached hydrogen (secondary N) is 1. The quantitative estimate of drug-likeness (QED) is 0.584. The van der Waals surface area contributed by atoms with Gasteiger partial charge in [0.2, 0.25) is 0 Å². The zero-order valence-electron chi connectivity index (χ0n) is 6.62. The molecule has 0 saturated carbocycles. The summed E-state index contributed by atoms with van der Waals surface area (Å²) in [5.74, 6) is 0.280. The molecule has 1 saturated heterocycles. The Labute approximate surface area is 70.7 Å². The van der Waals surface area contributed by atoms with E-state index in [1.165, 1.54) is 6.07 Å². The molecule has 0 spiro atoms. The van der Waals surface area contributed by atoms with Crippen LogP contribution in [0.15, 0.2) is 18.2 Å². The lowest BCUT2D eigenvalue weighted by atomic mass is 9.97. The topological polar surface area (TPSA) is 52.5 Å². The Balaban J connectivity index is 2.31. The average Bonchev–Trinajstić information content (AvgIpc) is 1.91. The summed E-state index contributed by atoms with van der Waals surface area (Å²) in [6.07, 6.45) is 1.05. The molecule has 1 unspecified atom stereocenters. The second-order valence-corrected chi connectivity index (χ2v) is 3.04. The fourth-order valence-electron chi connectivity index (χ4n) is 1.38. The van der Waals surface area contributed by atoms with E-state index >= 15 is 0 Å². The van der Waals surface area contributed by atoms with Crippen molar-refractivity contribution in [1.82, 2.24) is 5.32 Å². The Hall–Kier alpha value is -1.22. The molecule has 1 aromatic rings. The summed E-state index contributed by atoms with van der Waals surface area (Å²) in [4.78, 5) is 0. The number of benzene rings is 1. The van der Waals surface area contributed by atoms with Crippen molar-refractivity contribution in [2.75, 3.05) is 6.54 Å². The summed E-state index contributed by atoms with van der Waals surface area (Å²) in [5, 5.41) is 21.6. The second-order valence-electron chi connectivity index (χ2n) is 3.04. The van der Waals surface area contributed by atoms with Gasteiger partial charge in [0.1, 0.15) is 11.5 Å². The predicted molar refractivity (Wildman–Crippen MR) is 45.1 cm³/mol. The van der Waals surface area contributed by atoms with Gasteiger partial charge in [-0.05, 0) is 19.0 Å². The molecule has 1 aromatic carbocycles. The van der Waals surface area contributed by atoms with E-state index in [0.29, 0.717) is 0 Å². The lowest BCUT2D eigenvalue weighted by Crippen LogP contribution is -2.34. The van der Waals surface area contributed by atoms with E-state index in [9.17, 15) is 5.11 Å². The molecule has 1 aliphatic rings. The molecule has 0 amide bonds. The SMILES string of the molecule is Oc1ccc(C2CCN2)c(O)c1. The highest BCUT2D eigenvalue weighted by molar-refractivity contribution is 5.41. The third kappa shape index (κ3) is 1.12. The average molecular weight is 165 g/mol. The molecule has 0 radical (unpaired) electrons. The van der Waals surface area contributed by atoms with Gasteiger partial charge in [-0.2, -0.15) is 0 Å². The van der Waals surface area contributed by atoms with E-state index in [-0.39, 0.29) is 17.5 Å². The van der Waals surface area contributed by atoms with Gasteiger partial charge >= 0.3 is 0 Å². The first-order chi connectivity index (χ1) is 5.77. The molecule has 0 bridgehead atoms. The molecule has 3 N–H and O–H groups in total. The molecule has 3 nitrogen and oxygen atoms in total. The van der Waals surface area contributed by atoms with Crippen molar-refractivity contribution in [2.24, 2.45) is 0 Å². The van der Waals surface area contributed by atoms with Gasteiger partial charge in [0.25, 0.3) is 0 Å². The van der Waals surface area contributed by atoms with Crippen molar-refractivity contribution in [3.05, 3.63) is 23.8 Å². The summed E-state index contributed by atoms with van der Waals surface area (Å²) in [6, 6.07) is 4.98. The fraction of sp³-hybridized carbons (Fsp3) is 0.333. The standard InChI is InChI=1S/C9H11NO2/c11-6-1-2-7(9(12)5-6)8-3-4-10-8/h1-2,5,8,10-12H,3-4H2. The van der Waals surface area contributed by atoms with E-state index < -0.39 is 0 Å². The first-order valence-corrected chi connectivity index (χ1v) is 4.02.